The molecule has 1 saturated carbocycles. The standard InChI is InChI=1S/C15H30N2OS/c1-13(15(18)17-14-9-5-6-10-14)16-11-7-3-4-8-12-19-2/h13-14,16H,3-12H2,1-2H3,(H,17,18). The van der Waals surface area contributed by atoms with Crippen LogP contribution >= 0.6 is 11.8 Å². The molecule has 1 rings (SSSR count). The van der Waals surface area contributed by atoms with Gasteiger partial charge in [-0.2, -0.15) is 11.8 Å². The number of nitrogens with one attached hydrogen (secondary N) is 2. The zero-order chi connectivity index (χ0) is 13.9. The van der Waals surface area contributed by atoms with Crippen LogP contribution in [-0.4, -0.2) is 36.5 Å². The van der Waals surface area contributed by atoms with Gasteiger partial charge in [0.05, 0.1) is 6.04 Å². The van der Waals surface area contributed by atoms with Gasteiger partial charge < -0.3 is 10.6 Å². The number of amides is 1. The Morgan fingerprint density at radius 3 is 2.58 bits per heavy atom. The van der Waals surface area contributed by atoms with Crippen molar-refractivity contribution in [1.82, 2.24) is 10.6 Å². The van der Waals surface area contributed by atoms with Crippen molar-refractivity contribution in [3.8, 4) is 0 Å². The second-order valence-corrected chi connectivity index (χ2v) is 6.56. The van der Waals surface area contributed by atoms with Gasteiger partial charge in [0.25, 0.3) is 0 Å². The number of carbonyl (C=O) groups is 1. The van der Waals surface area contributed by atoms with Gasteiger partial charge >= 0.3 is 0 Å². The molecule has 1 amide bonds. The molecule has 112 valence electrons. The van der Waals surface area contributed by atoms with Gasteiger partial charge in [-0.25, -0.2) is 0 Å². The molecule has 0 spiro atoms. The summed E-state index contributed by atoms with van der Waals surface area (Å²) in [4.78, 5) is 11.9. The molecule has 2 N–H and O–H groups in total. The molecule has 0 radical (unpaired) electrons. The molecule has 1 aliphatic rings. The van der Waals surface area contributed by atoms with Gasteiger partial charge in [0, 0.05) is 6.04 Å². The summed E-state index contributed by atoms with van der Waals surface area (Å²) in [5.41, 5.74) is 0. The van der Waals surface area contributed by atoms with Gasteiger partial charge in [-0.3, -0.25) is 4.79 Å². The molecule has 19 heavy (non-hydrogen) atoms. The molecule has 0 aromatic rings. The molecule has 1 fully saturated rings. The summed E-state index contributed by atoms with van der Waals surface area (Å²) >= 11 is 1.92. The molecular weight excluding hydrogens is 256 g/mol. The minimum Gasteiger partial charge on any atom is -0.352 e. The summed E-state index contributed by atoms with van der Waals surface area (Å²) in [6.07, 6.45) is 12.1. The normalized spacial score (nSPS) is 17.6. The van der Waals surface area contributed by atoms with Gasteiger partial charge in [0.15, 0.2) is 0 Å². The zero-order valence-corrected chi connectivity index (χ0v) is 13.4. The highest BCUT2D eigenvalue weighted by Gasteiger charge is 2.19. The Morgan fingerprint density at radius 2 is 1.89 bits per heavy atom. The van der Waals surface area contributed by atoms with Crippen LogP contribution < -0.4 is 10.6 Å². The molecule has 0 saturated heterocycles. The lowest BCUT2D eigenvalue weighted by Crippen LogP contribution is -2.45. The van der Waals surface area contributed by atoms with E-state index in [1.165, 1.54) is 44.3 Å². The first kappa shape index (κ1) is 16.8. The first-order valence-electron chi connectivity index (χ1n) is 7.76. The van der Waals surface area contributed by atoms with E-state index >= 15 is 0 Å². The Balaban J connectivity index is 1.97. The minimum atomic E-state index is -0.0493. The van der Waals surface area contributed by atoms with Crippen molar-refractivity contribution in [1.29, 1.82) is 0 Å². The summed E-state index contributed by atoms with van der Waals surface area (Å²) in [6, 6.07) is 0.384. The fourth-order valence-corrected chi connectivity index (χ4v) is 3.03. The van der Waals surface area contributed by atoms with E-state index in [2.05, 4.69) is 16.9 Å². The van der Waals surface area contributed by atoms with Crippen molar-refractivity contribution < 1.29 is 4.79 Å². The Labute approximate surface area is 122 Å². The first-order chi connectivity index (χ1) is 9.24. The van der Waals surface area contributed by atoms with Crippen molar-refractivity contribution in [3.05, 3.63) is 0 Å². The van der Waals surface area contributed by atoms with Crippen LogP contribution in [0, 0.1) is 0 Å². The predicted molar refractivity (Wildman–Crippen MR) is 84.7 cm³/mol. The van der Waals surface area contributed by atoms with E-state index in [9.17, 15) is 4.79 Å². The summed E-state index contributed by atoms with van der Waals surface area (Å²) < 4.78 is 0. The summed E-state index contributed by atoms with van der Waals surface area (Å²) in [6.45, 7) is 2.93. The molecule has 3 nitrogen and oxygen atoms in total. The van der Waals surface area contributed by atoms with E-state index in [1.54, 1.807) is 0 Å². The quantitative estimate of drug-likeness (QED) is 0.607. The van der Waals surface area contributed by atoms with Crippen LogP contribution in [-0.2, 0) is 4.79 Å². The average Bonchev–Trinajstić information content (AvgIpc) is 2.90. The van der Waals surface area contributed by atoms with Crippen LogP contribution in [0.2, 0.25) is 0 Å². The van der Waals surface area contributed by atoms with Gasteiger partial charge in [0.2, 0.25) is 5.91 Å². The highest BCUT2D eigenvalue weighted by molar-refractivity contribution is 7.98. The number of hydrogen-bond acceptors (Lipinski definition) is 3. The molecule has 1 aliphatic carbocycles. The number of hydrogen-bond donors (Lipinski definition) is 2. The number of rotatable bonds is 10. The lowest BCUT2D eigenvalue weighted by molar-refractivity contribution is -0.123. The molecule has 0 bridgehead atoms. The Morgan fingerprint density at radius 1 is 1.21 bits per heavy atom. The summed E-state index contributed by atoms with van der Waals surface area (Å²) in [7, 11) is 0. The lowest BCUT2D eigenvalue weighted by atomic mass is 10.2. The SMILES string of the molecule is CSCCCCCCNC(C)C(=O)NC1CCCC1. The smallest absolute Gasteiger partial charge is 0.237 e. The van der Waals surface area contributed by atoms with E-state index in [1.807, 2.05) is 18.7 Å². The number of unbranched alkanes of at least 4 members (excludes halogenated alkanes) is 3. The predicted octanol–water partition coefficient (Wildman–Crippen LogP) is 2.95. The van der Waals surface area contributed by atoms with Crippen molar-refractivity contribution >= 4 is 17.7 Å². The highest BCUT2D eigenvalue weighted by atomic mass is 32.2. The zero-order valence-electron chi connectivity index (χ0n) is 12.5. The van der Waals surface area contributed by atoms with E-state index in [-0.39, 0.29) is 11.9 Å². The van der Waals surface area contributed by atoms with Crippen molar-refractivity contribution in [3.63, 3.8) is 0 Å². The van der Waals surface area contributed by atoms with Crippen molar-refractivity contribution in [2.45, 2.75) is 70.4 Å². The third-order valence-electron chi connectivity index (χ3n) is 3.82. The Bertz CT molecular complexity index is 242. The van der Waals surface area contributed by atoms with Crippen LogP contribution in [0.3, 0.4) is 0 Å². The summed E-state index contributed by atoms with van der Waals surface area (Å²) in [5, 5.41) is 6.47. The van der Waals surface area contributed by atoms with Crippen LogP contribution in [0.15, 0.2) is 0 Å². The topological polar surface area (TPSA) is 41.1 Å². The van der Waals surface area contributed by atoms with Gasteiger partial charge in [-0.05, 0) is 51.2 Å². The molecule has 1 atom stereocenters. The van der Waals surface area contributed by atoms with Gasteiger partial charge in [-0.15, -0.1) is 0 Å². The third-order valence-corrected chi connectivity index (χ3v) is 4.52. The molecule has 0 aromatic heterocycles. The maximum Gasteiger partial charge on any atom is 0.237 e. The largest absolute Gasteiger partial charge is 0.352 e. The first-order valence-corrected chi connectivity index (χ1v) is 9.16. The van der Waals surface area contributed by atoms with E-state index in [0.717, 1.165) is 19.4 Å². The molecule has 4 heteroatoms. The molecule has 0 heterocycles. The van der Waals surface area contributed by atoms with Crippen LogP contribution in [0.5, 0.6) is 0 Å². The molecular formula is C15H30N2OS. The molecule has 0 aliphatic heterocycles. The van der Waals surface area contributed by atoms with Crippen LogP contribution in [0.25, 0.3) is 0 Å². The maximum absolute atomic E-state index is 11.9. The lowest BCUT2D eigenvalue weighted by Gasteiger charge is -2.17. The third kappa shape index (κ3) is 7.83. The Hall–Kier alpha value is -0.220. The maximum atomic E-state index is 11.9. The molecule has 1 unspecified atom stereocenters. The second-order valence-electron chi connectivity index (χ2n) is 5.57. The van der Waals surface area contributed by atoms with Crippen molar-refractivity contribution in [2.24, 2.45) is 0 Å². The Kier molecular flexibility index (Phi) is 9.35. The fourth-order valence-electron chi connectivity index (χ4n) is 2.53. The van der Waals surface area contributed by atoms with Crippen LogP contribution in [0.4, 0.5) is 0 Å². The summed E-state index contributed by atoms with van der Waals surface area (Å²) in [5.74, 6) is 1.45. The van der Waals surface area contributed by atoms with Gasteiger partial charge in [0.1, 0.15) is 0 Å². The van der Waals surface area contributed by atoms with Gasteiger partial charge in [-0.1, -0.05) is 25.7 Å². The fraction of sp³-hybridized carbons (Fsp3) is 0.933. The van der Waals surface area contributed by atoms with E-state index in [0.29, 0.717) is 6.04 Å². The second kappa shape index (κ2) is 10.6. The minimum absolute atomic E-state index is 0.0493. The highest BCUT2D eigenvalue weighted by Crippen LogP contribution is 2.17. The van der Waals surface area contributed by atoms with Crippen LogP contribution in [0.1, 0.15) is 58.3 Å². The monoisotopic (exact) mass is 286 g/mol. The van der Waals surface area contributed by atoms with E-state index in [4.69, 9.17) is 0 Å². The van der Waals surface area contributed by atoms with Crippen molar-refractivity contribution in [2.75, 3.05) is 18.6 Å². The average molecular weight is 286 g/mol. The number of carbonyl (C=O) groups excluding carboxylic acids is 1. The van der Waals surface area contributed by atoms with E-state index < -0.39 is 0 Å². The number of thioether (sulfide) groups is 1. The molecule has 0 aromatic carbocycles.